The summed E-state index contributed by atoms with van der Waals surface area (Å²) >= 11 is 3.11. The molecule has 17 heavy (non-hydrogen) atoms. The zero-order valence-electron chi connectivity index (χ0n) is 8.59. The minimum atomic E-state index is -4.31. The molecule has 0 atom stereocenters. The Morgan fingerprint density at radius 1 is 1.41 bits per heavy atom. The molecule has 5 nitrogen and oxygen atoms in total. The first-order valence-corrected chi connectivity index (χ1v) is 5.34. The van der Waals surface area contributed by atoms with Gasteiger partial charge >= 0.3 is 6.18 Å². The van der Waals surface area contributed by atoms with E-state index in [9.17, 15) is 13.2 Å². The number of nitrogens with two attached hydrogens (primary N) is 1. The molecule has 0 bridgehead atoms. The minimum Gasteiger partial charge on any atom is -0.383 e. The summed E-state index contributed by atoms with van der Waals surface area (Å²) in [5.41, 5.74) is 5.45. The largest absolute Gasteiger partial charge is 0.411 e. The van der Waals surface area contributed by atoms with Gasteiger partial charge in [-0.2, -0.15) is 18.2 Å². The minimum absolute atomic E-state index is 0.102. The van der Waals surface area contributed by atoms with Crippen molar-refractivity contribution in [2.45, 2.75) is 6.18 Å². The standard InChI is InChI=1S/C8H10BrF3N4O/c9-5-3-6(13)16-7(15-5)14-1-2-17-4-8(10,11)12/h3H,1-2,4H2,(H3,13,14,15,16). The van der Waals surface area contributed by atoms with Crippen molar-refractivity contribution in [1.82, 2.24) is 9.97 Å². The monoisotopic (exact) mass is 314 g/mol. The van der Waals surface area contributed by atoms with E-state index in [4.69, 9.17) is 5.73 Å². The average molecular weight is 315 g/mol. The molecule has 0 radical (unpaired) electrons. The molecule has 0 aromatic carbocycles. The Bertz CT molecular complexity index is 354. The van der Waals surface area contributed by atoms with E-state index < -0.39 is 12.8 Å². The average Bonchev–Trinajstić information content (AvgIpc) is 2.13. The molecular weight excluding hydrogens is 305 g/mol. The van der Waals surface area contributed by atoms with Crippen LogP contribution in [0, 0.1) is 0 Å². The molecule has 0 aliphatic rings. The van der Waals surface area contributed by atoms with Crippen molar-refractivity contribution in [2.24, 2.45) is 0 Å². The van der Waals surface area contributed by atoms with Gasteiger partial charge in [-0.1, -0.05) is 0 Å². The number of anilines is 2. The van der Waals surface area contributed by atoms with Crippen molar-refractivity contribution in [1.29, 1.82) is 0 Å². The summed E-state index contributed by atoms with van der Waals surface area (Å²) in [5, 5.41) is 2.69. The number of rotatable bonds is 5. The lowest BCUT2D eigenvalue weighted by Gasteiger charge is -2.08. The van der Waals surface area contributed by atoms with Crippen LogP contribution in [0.1, 0.15) is 0 Å². The van der Waals surface area contributed by atoms with Gasteiger partial charge in [0.25, 0.3) is 0 Å². The van der Waals surface area contributed by atoms with E-state index in [-0.39, 0.29) is 24.9 Å². The molecule has 1 rings (SSSR count). The summed E-state index contributed by atoms with van der Waals surface area (Å²) in [7, 11) is 0. The highest BCUT2D eigenvalue weighted by Crippen LogP contribution is 2.14. The fourth-order valence-electron chi connectivity index (χ4n) is 0.937. The third-order valence-electron chi connectivity index (χ3n) is 1.51. The highest BCUT2D eigenvalue weighted by molar-refractivity contribution is 9.10. The second-order valence-corrected chi connectivity index (χ2v) is 3.85. The number of alkyl halides is 3. The SMILES string of the molecule is Nc1cc(Br)nc(NCCOCC(F)(F)F)n1. The van der Waals surface area contributed by atoms with E-state index in [1.807, 2.05) is 0 Å². The molecule has 1 aromatic rings. The number of nitrogens with zero attached hydrogens (tertiary/aromatic N) is 2. The Labute approximate surface area is 104 Å². The molecule has 0 aliphatic heterocycles. The van der Waals surface area contributed by atoms with Crippen molar-refractivity contribution >= 4 is 27.7 Å². The number of nitrogens with one attached hydrogen (secondary N) is 1. The molecule has 0 aliphatic carbocycles. The van der Waals surface area contributed by atoms with Crippen molar-refractivity contribution in [3.8, 4) is 0 Å². The van der Waals surface area contributed by atoms with Gasteiger partial charge in [0.2, 0.25) is 5.95 Å². The normalized spacial score (nSPS) is 11.5. The van der Waals surface area contributed by atoms with Gasteiger partial charge in [0, 0.05) is 12.6 Å². The number of halogens is 4. The number of aromatic nitrogens is 2. The molecule has 96 valence electrons. The van der Waals surface area contributed by atoms with Crippen LogP contribution >= 0.6 is 15.9 Å². The lowest BCUT2D eigenvalue weighted by Crippen LogP contribution is -2.20. The Kier molecular flexibility index (Phi) is 4.94. The van der Waals surface area contributed by atoms with E-state index in [1.165, 1.54) is 6.07 Å². The van der Waals surface area contributed by atoms with Gasteiger partial charge in [-0.3, -0.25) is 0 Å². The predicted octanol–water partition coefficient (Wildman–Crippen LogP) is 1.81. The third-order valence-corrected chi connectivity index (χ3v) is 1.92. The fourth-order valence-corrected chi connectivity index (χ4v) is 1.34. The van der Waals surface area contributed by atoms with Crippen molar-refractivity contribution in [3.05, 3.63) is 10.7 Å². The van der Waals surface area contributed by atoms with Crippen LogP contribution in [0.3, 0.4) is 0 Å². The first kappa shape index (κ1) is 14.0. The highest BCUT2D eigenvalue weighted by atomic mass is 79.9. The van der Waals surface area contributed by atoms with E-state index in [0.717, 1.165) is 0 Å². The van der Waals surface area contributed by atoms with E-state index in [0.29, 0.717) is 4.60 Å². The van der Waals surface area contributed by atoms with Crippen LogP contribution in [-0.4, -0.2) is 35.9 Å². The molecule has 0 saturated carbocycles. The summed E-state index contributed by atoms with van der Waals surface area (Å²) in [6.45, 7) is -1.21. The van der Waals surface area contributed by atoms with Gasteiger partial charge in [0.15, 0.2) is 0 Å². The molecule has 1 heterocycles. The molecule has 1 aromatic heterocycles. The number of hydrogen-bond acceptors (Lipinski definition) is 5. The zero-order valence-corrected chi connectivity index (χ0v) is 10.2. The molecule has 0 fully saturated rings. The summed E-state index contributed by atoms with van der Waals surface area (Å²) in [5.74, 6) is 0.484. The molecule has 3 N–H and O–H groups in total. The first-order valence-electron chi connectivity index (χ1n) is 4.55. The first-order chi connectivity index (χ1) is 7.87. The Hall–Kier alpha value is -1.09. The molecule has 0 spiro atoms. The lowest BCUT2D eigenvalue weighted by molar-refractivity contribution is -0.172. The summed E-state index contributed by atoms with van der Waals surface area (Å²) in [6.07, 6.45) is -4.31. The maximum Gasteiger partial charge on any atom is 0.411 e. The van der Waals surface area contributed by atoms with Gasteiger partial charge in [-0.25, -0.2) is 4.98 Å². The summed E-state index contributed by atoms with van der Waals surface area (Å²) in [4.78, 5) is 7.75. The molecule has 0 saturated heterocycles. The Morgan fingerprint density at radius 2 is 2.12 bits per heavy atom. The van der Waals surface area contributed by atoms with Gasteiger partial charge in [-0.15, -0.1) is 0 Å². The zero-order chi connectivity index (χ0) is 12.9. The molecule has 9 heteroatoms. The quantitative estimate of drug-likeness (QED) is 0.640. The predicted molar refractivity (Wildman–Crippen MR) is 59.5 cm³/mol. The number of nitrogen functional groups attached to an aromatic ring is 1. The second-order valence-electron chi connectivity index (χ2n) is 3.03. The van der Waals surface area contributed by atoms with Crippen LogP contribution in [0.4, 0.5) is 24.9 Å². The molecule has 0 amide bonds. The maximum absolute atomic E-state index is 11.7. The van der Waals surface area contributed by atoms with Crippen LogP contribution < -0.4 is 11.1 Å². The van der Waals surface area contributed by atoms with Crippen LogP contribution in [0.2, 0.25) is 0 Å². The smallest absolute Gasteiger partial charge is 0.383 e. The fraction of sp³-hybridized carbons (Fsp3) is 0.500. The van der Waals surface area contributed by atoms with E-state index in [1.54, 1.807) is 0 Å². The summed E-state index contributed by atoms with van der Waals surface area (Å²) in [6, 6.07) is 1.51. The van der Waals surface area contributed by atoms with Crippen molar-refractivity contribution < 1.29 is 17.9 Å². The Balaban J connectivity index is 2.27. The lowest BCUT2D eigenvalue weighted by atomic mass is 10.6. The van der Waals surface area contributed by atoms with Crippen molar-refractivity contribution in [3.63, 3.8) is 0 Å². The van der Waals surface area contributed by atoms with Crippen LogP contribution in [0.15, 0.2) is 10.7 Å². The van der Waals surface area contributed by atoms with Gasteiger partial charge in [-0.05, 0) is 15.9 Å². The third kappa shape index (κ3) is 6.27. The van der Waals surface area contributed by atoms with Crippen LogP contribution in [0.5, 0.6) is 0 Å². The van der Waals surface area contributed by atoms with Gasteiger partial charge in [0.1, 0.15) is 17.0 Å². The molecule has 0 unspecified atom stereocenters. The van der Waals surface area contributed by atoms with E-state index in [2.05, 4.69) is 36.0 Å². The highest BCUT2D eigenvalue weighted by Gasteiger charge is 2.27. The van der Waals surface area contributed by atoms with Crippen molar-refractivity contribution in [2.75, 3.05) is 30.8 Å². The van der Waals surface area contributed by atoms with Crippen LogP contribution in [0.25, 0.3) is 0 Å². The van der Waals surface area contributed by atoms with E-state index >= 15 is 0 Å². The number of ether oxygens (including phenoxy) is 1. The second kappa shape index (κ2) is 6.01. The maximum atomic E-state index is 11.7. The molecular formula is C8H10BrF3N4O. The number of hydrogen-bond donors (Lipinski definition) is 2. The van der Waals surface area contributed by atoms with Gasteiger partial charge in [0.05, 0.1) is 6.61 Å². The topological polar surface area (TPSA) is 73.1 Å². The van der Waals surface area contributed by atoms with Gasteiger partial charge < -0.3 is 15.8 Å². The summed E-state index contributed by atoms with van der Waals surface area (Å²) < 4.78 is 40.0. The Morgan fingerprint density at radius 3 is 2.71 bits per heavy atom. The van der Waals surface area contributed by atoms with Crippen LogP contribution in [-0.2, 0) is 4.74 Å².